The fraction of sp³-hybridized carbons (Fsp3) is 0.200. The van der Waals surface area contributed by atoms with Crippen LogP contribution in [0.25, 0.3) is 20.8 Å². The van der Waals surface area contributed by atoms with E-state index < -0.39 is 0 Å². The van der Waals surface area contributed by atoms with Gasteiger partial charge in [0.05, 0.1) is 10.6 Å². The number of rotatable bonds is 3. The third-order valence-electron chi connectivity index (χ3n) is 4.74. The molecule has 0 radical (unpaired) electrons. The smallest absolute Gasteiger partial charge is 0.169 e. The molecule has 1 aliphatic heterocycles. The summed E-state index contributed by atoms with van der Waals surface area (Å²) in [4.78, 5) is 14.4. The first kappa shape index (κ1) is 16.6. The molecule has 0 saturated heterocycles. The molecule has 0 unspecified atom stereocenters. The predicted molar refractivity (Wildman–Crippen MR) is 113 cm³/mol. The molecule has 6 heteroatoms. The molecule has 0 bridgehead atoms. The van der Waals surface area contributed by atoms with Crippen LogP contribution >= 0.6 is 38.6 Å². The minimum Gasteiger partial charge on any atom is -0.292 e. The largest absolute Gasteiger partial charge is 0.292 e. The number of halogens is 1. The molecule has 1 aliphatic rings. The Labute approximate surface area is 168 Å². The molecule has 0 N–H and O–H groups in total. The van der Waals surface area contributed by atoms with Crippen LogP contribution < -0.4 is 0 Å². The summed E-state index contributed by atoms with van der Waals surface area (Å²) in [5.41, 5.74) is 2.46. The Morgan fingerprint density at radius 3 is 2.92 bits per heavy atom. The third-order valence-corrected chi connectivity index (χ3v) is 7.92. The molecule has 3 nitrogen and oxygen atoms in total. The predicted octanol–water partition coefficient (Wildman–Crippen LogP) is 5.74. The quantitative estimate of drug-likeness (QED) is 0.405. The number of hydrogen-bond donors (Lipinski definition) is 0. The van der Waals surface area contributed by atoms with E-state index in [1.54, 1.807) is 11.3 Å². The maximum Gasteiger partial charge on any atom is 0.169 e. The molecular weight excluding hydrogens is 426 g/mol. The second kappa shape index (κ2) is 6.85. The third kappa shape index (κ3) is 3.01. The Morgan fingerprint density at radius 2 is 2.08 bits per heavy atom. The lowest BCUT2D eigenvalue weighted by molar-refractivity contribution is 0.243. The Kier molecular flexibility index (Phi) is 4.36. The van der Waals surface area contributed by atoms with Crippen LogP contribution in [-0.4, -0.2) is 21.4 Å². The molecule has 130 valence electrons. The molecule has 3 aromatic heterocycles. The molecule has 4 heterocycles. The van der Waals surface area contributed by atoms with Crippen molar-refractivity contribution in [2.75, 3.05) is 6.54 Å². The van der Waals surface area contributed by atoms with Gasteiger partial charge in [-0.05, 0) is 45.4 Å². The summed E-state index contributed by atoms with van der Waals surface area (Å²) in [6.07, 6.45) is 3.03. The van der Waals surface area contributed by atoms with E-state index in [9.17, 15) is 0 Å². The van der Waals surface area contributed by atoms with Gasteiger partial charge in [0.1, 0.15) is 0 Å². The zero-order valence-corrected chi connectivity index (χ0v) is 17.2. The molecule has 0 atom stereocenters. The van der Waals surface area contributed by atoms with E-state index >= 15 is 0 Å². The highest BCUT2D eigenvalue weighted by Crippen LogP contribution is 2.36. The van der Waals surface area contributed by atoms with Crippen LogP contribution in [0, 0.1) is 0 Å². The summed E-state index contributed by atoms with van der Waals surface area (Å²) in [7, 11) is 0. The van der Waals surface area contributed by atoms with E-state index in [2.05, 4.69) is 61.5 Å². The van der Waals surface area contributed by atoms with Gasteiger partial charge in [-0.25, -0.2) is 9.97 Å². The van der Waals surface area contributed by atoms with Crippen molar-refractivity contribution < 1.29 is 0 Å². The van der Waals surface area contributed by atoms with E-state index in [1.807, 2.05) is 23.6 Å². The van der Waals surface area contributed by atoms with Crippen LogP contribution in [0.15, 0.2) is 52.4 Å². The highest BCUT2D eigenvalue weighted by molar-refractivity contribution is 9.10. The van der Waals surface area contributed by atoms with E-state index in [0.717, 1.165) is 36.8 Å². The van der Waals surface area contributed by atoms with E-state index in [0.29, 0.717) is 0 Å². The molecule has 26 heavy (non-hydrogen) atoms. The van der Waals surface area contributed by atoms with Gasteiger partial charge in [-0.2, -0.15) is 0 Å². The normalized spacial score (nSPS) is 14.7. The van der Waals surface area contributed by atoms with Gasteiger partial charge in [0.2, 0.25) is 0 Å². The fourth-order valence-electron chi connectivity index (χ4n) is 3.39. The average Bonchev–Trinajstić information content (AvgIpc) is 3.31. The maximum absolute atomic E-state index is 4.86. The summed E-state index contributed by atoms with van der Waals surface area (Å²) in [6, 6.07) is 12.7. The first-order valence-electron chi connectivity index (χ1n) is 8.55. The van der Waals surface area contributed by atoms with Crippen molar-refractivity contribution in [2.45, 2.75) is 19.5 Å². The minimum absolute atomic E-state index is 0.851. The minimum atomic E-state index is 0.851. The van der Waals surface area contributed by atoms with Crippen molar-refractivity contribution in [3.63, 3.8) is 0 Å². The molecule has 1 aromatic carbocycles. The molecular formula is C20H16BrN3S2. The Balaban J connectivity index is 1.41. The number of thiophene rings is 2. The summed E-state index contributed by atoms with van der Waals surface area (Å²) in [6.45, 7) is 2.89. The second-order valence-electron chi connectivity index (χ2n) is 6.44. The number of benzene rings is 1. The number of aromatic nitrogens is 2. The van der Waals surface area contributed by atoms with Crippen molar-refractivity contribution in [1.29, 1.82) is 0 Å². The van der Waals surface area contributed by atoms with Gasteiger partial charge in [-0.3, -0.25) is 4.90 Å². The standard InChI is InChI=1S/C20H16BrN3S2/c21-19-14-4-1-2-5-16(14)26-18(19)12-24-8-7-13-10-22-20(23-15(13)11-24)17-6-3-9-25-17/h1-6,9-10H,7-8,11-12H2. The van der Waals surface area contributed by atoms with E-state index in [4.69, 9.17) is 4.98 Å². The molecule has 0 amide bonds. The van der Waals surface area contributed by atoms with Crippen LogP contribution in [0.5, 0.6) is 0 Å². The molecule has 4 aromatic rings. The number of nitrogens with zero attached hydrogens (tertiary/aromatic N) is 3. The highest BCUT2D eigenvalue weighted by atomic mass is 79.9. The number of hydrogen-bond acceptors (Lipinski definition) is 5. The zero-order valence-electron chi connectivity index (χ0n) is 14.0. The van der Waals surface area contributed by atoms with Crippen molar-refractivity contribution >= 4 is 48.7 Å². The molecule has 0 spiro atoms. The Bertz CT molecular complexity index is 1070. The van der Waals surface area contributed by atoms with Crippen LogP contribution in [0.3, 0.4) is 0 Å². The van der Waals surface area contributed by atoms with E-state index in [1.165, 1.54) is 30.7 Å². The van der Waals surface area contributed by atoms with Gasteiger partial charge in [0.25, 0.3) is 0 Å². The maximum atomic E-state index is 4.86. The average molecular weight is 442 g/mol. The first-order valence-corrected chi connectivity index (χ1v) is 11.0. The molecule has 0 saturated carbocycles. The zero-order chi connectivity index (χ0) is 17.5. The van der Waals surface area contributed by atoms with Gasteiger partial charge in [0.15, 0.2) is 5.82 Å². The summed E-state index contributed by atoms with van der Waals surface area (Å²) >= 11 is 7.38. The van der Waals surface area contributed by atoms with Gasteiger partial charge in [-0.1, -0.05) is 24.3 Å². The SMILES string of the molecule is Brc1c(CN2CCc3cnc(-c4cccs4)nc3C2)sc2ccccc12. The van der Waals surface area contributed by atoms with Gasteiger partial charge < -0.3 is 0 Å². The lowest BCUT2D eigenvalue weighted by atomic mass is 10.1. The lowest BCUT2D eigenvalue weighted by Crippen LogP contribution is -2.30. The Hall–Kier alpha value is -1.60. The number of fused-ring (bicyclic) bond motifs is 2. The van der Waals surface area contributed by atoms with Crippen LogP contribution in [0.2, 0.25) is 0 Å². The Morgan fingerprint density at radius 1 is 1.15 bits per heavy atom. The first-order chi connectivity index (χ1) is 12.8. The summed E-state index contributed by atoms with van der Waals surface area (Å²) < 4.78 is 2.58. The van der Waals surface area contributed by atoms with Crippen LogP contribution in [0.1, 0.15) is 16.1 Å². The van der Waals surface area contributed by atoms with Gasteiger partial charge in [0, 0.05) is 45.3 Å². The van der Waals surface area contributed by atoms with Gasteiger partial charge >= 0.3 is 0 Å². The van der Waals surface area contributed by atoms with Crippen LogP contribution in [0.4, 0.5) is 0 Å². The fourth-order valence-corrected chi connectivity index (χ4v) is 6.03. The van der Waals surface area contributed by atoms with Gasteiger partial charge in [-0.15, -0.1) is 22.7 Å². The van der Waals surface area contributed by atoms with Crippen LogP contribution in [-0.2, 0) is 19.5 Å². The van der Waals surface area contributed by atoms with Crippen molar-refractivity contribution in [3.05, 3.63) is 68.6 Å². The second-order valence-corrected chi connectivity index (χ2v) is 9.32. The summed E-state index contributed by atoms with van der Waals surface area (Å²) in [5.74, 6) is 0.851. The van der Waals surface area contributed by atoms with E-state index in [-0.39, 0.29) is 0 Å². The van der Waals surface area contributed by atoms with Crippen molar-refractivity contribution in [2.24, 2.45) is 0 Å². The van der Waals surface area contributed by atoms with Crippen molar-refractivity contribution in [3.8, 4) is 10.7 Å². The summed E-state index contributed by atoms with van der Waals surface area (Å²) in [5, 5.41) is 3.39. The topological polar surface area (TPSA) is 29.0 Å². The highest BCUT2D eigenvalue weighted by Gasteiger charge is 2.21. The molecule has 0 fully saturated rings. The monoisotopic (exact) mass is 441 g/mol. The molecule has 0 aliphatic carbocycles. The van der Waals surface area contributed by atoms with Crippen molar-refractivity contribution in [1.82, 2.24) is 14.9 Å². The molecule has 5 rings (SSSR count). The lowest BCUT2D eigenvalue weighted by Gasteiger charge is -2.27.